The molecule has 0 radical (unpaired) electrons. The van der Waals surface area contributed by atoms with Gasteiger partial charge in [-0.3, -0.25) is 0 Å². The SMILES string of the molecule is c1ccc(Cn2c(C3CCN(c4ccccn4)CC3)nnc2C2CCCO2)cc1. The molecule has 6 heteroatoms. The van der Waals surface area contributed by atoms with Crippen LogP contribution in [0.1, 0.15) is 54.9 Å². The maximum absolute atomic E-state index is 5.95. The monoisotopic (exact) mass is 389 g/mol. The molecule has 2 aromatic heterocycles. The minimum absolute atomic E-state index is 0.0774. The van der Waals surface area contributed by atoms with E-state index in [0.717, 1.165) is 69.4 Å². The second-order valence-electron chi connectivity index (χ2n) is 7.94. The van der Waals surface area contributed by atoms with Gasteiger partial charge in [0.05, 0.1) is 6.54 Å². The quantitative estimate of drug-likeness (QED) is 0.661. The highest BCUT2D eigenvalue weighted by atomic mass is 16.5. The van der Waals surface area contributed by atoms with Crippen LogP contribution in [0.5, 0.6) is 0 Å². The number of hydrogen-bond acceptors (Lipinski definition) is 5. The molecule has 1 aromatic carbocycles. The zero-order valence-corrected chi connectivity index (χ0v) is 16.7. The van der Waals surface area contributed by atoms with Crippen LogP contribution in [0.25, 0.3) is 0 Å². The van der Waals surface area contributed by atoms with Crippen LogP contribution in [0.4, 0.5) is 5.82 Å². The molecule has 6 nitrogen and oxygen atoms in total. The summed E-state index contributed by atoms with van der Waals surface area (Å²) in [6.07, 6.45) is 6.20. The molecule has 150 valence electrons. The lowest BCUT2D eigenvalue weighted by Gasteiger charge is -2.32. The van der Waals surface area contributed by atoms with Crippen molar-refractivity contribution < 1.29 is 4.74 Å². The molecule has 1 atom stereocenters. The second kappa shape index (κ2) is 8.33. The van der Waals surface area contributed by atoms with Gasteiger partial charge < -0.3 is 14.2 Å². The number of nitrogens with zero attached hydrogens (tertiary/aromatic N) is 5. The lowest BCUT2D eigenvalue weighted by atomic mass is 9.95. The molecule has 3 aromatic rings. The molecule has 5 rings (SSSR count). The van der Waals surface area contributed by atoms with E-state index in [1.54, 1.807) is 0 Å². The van der Waals surface area contributed by atoms with Gasteiger partial charge in [-0.05, 0) is 43.4 Å². The van der Waals surface area contributed by atoms with Gasteiger partial charge in [0.25, 0.3) is 0 Å². The van der Waals surface area contributed by atoms with Crippen LogP contribution in [0.15, 0.2) is 54.7 Å². The van der Waals surface area contributed by atoms with Crippen LogP contribution in [0.2, 0.25) is 0 Å². The Morgan fingerprint density at radius 2 is 1.69 bits per heavy atom. The minimum atomic E-state index is 0.0774. The Morgan fingerprint density at radius 3 is 2.41 bits per heavy atom. The van der Waals surface area contributed by atoms with Crippen LogP contribution >= 0.6 is 0 Å². The third-order valence-corrected chi connectivity index (χ3v) is 6.04. The number of anilines is 1. The molecule has 0 bridgehead atoms. The Bertz CT molecular complexity index is 913. The van der Waals surface area contributed by atoms with Crippen molar-refractivity contribution in [2.45, 2.75) is 44.2 Å². The molecule has 1 unspecified atom stereocenters. The van der Waals surface area contributed by atoms with Gasteiger partial charge in [0, 0.05) is 31.8 Å². The molecule has 0 N–H and O–H groups in total. The number of piperidine rings is 1. The Morgan fingerprint density at radius 1 is 0.897 bits per heavy atom. The van der Waals surface area contributed by atoms with Gasteiger partial charge in [-0.2, -0.15) is 0 Å². The molecule has 0 amide bonds. The fourth-order valence-corrected chi connectivity index (χ4v) is 4.48. The van der Waals surface area contributed by atoms with E-state index >= 15 is 0 Å². The Kier molecular flexibility index (Phi) is 5.26. The third-order valence-electron chi connectivity index (χ3n) is 6.04. The first kappa shape index (κ1) is 18.3. The number of benzene rings is 1. The molecular weight excluding hydrogens is 362 g/mol. The summed E-state index contributed by atoms with van der Waals surface area (Å²) in [4.78, 5) is 6.88. The number of rotatable bonds is 5. The lowest BCUT2D eigenvalue weighted by Crippen LogP contribution is -2.34. The molecule has 2 aliphatic heterocycles. The molecule has 29 heavy (non-hydrogen) atoms. The number of ether oxygens (including phenoxy) is 1. The van der Waals surface area contributed by atoms with Crippen LogP contribution in [-0.2, 0) is 11.3 Å². The lowest BCUT2D eigenvalue weighted by molar-refractivity contribution is 0.102. The summed E-state index contributed by atoms with van der Waals surface area (Å²) in [5, 5.41) is 9.29. The van der Waals surface area contributed by atoms with E-state index in [2.05, 4.69) is 67.1 Å². The topological polar surface area (TPSA) is 56.1 Å². The first-order valence-electron chi connectivity index (χ1n) is 10.6. The predicted molar refractivity (Wildman–Crippen MR) is 112 cm³/mol. The summed E-state index contributed by atoms with van der Waals surface area (Å²) in [6.45, 7) is 3.61. The van der Waals surface area contributed by atoms with Crippen LogP contribution in [0, 0.1) is 0 Å². The average molecular weight is 390 g/mol. The maximum Gasteiger partial charge on any atom is 0.162 e. The van der Waals surface area contributed by atoms with Crippen molar-refractivity contribution in [2.75, 3.05) is 24.6 Å². The molecule has 0 aliphatic carbocycles. The summed E-state index contributed by atoms with van der Waals surface area (Å²) in [6, 6.07) is 16.7. The van der Waals surface area contributed by atoms with E-state index < -0.39 is 0 Å². The van der Waals surface area contributed by atoms with Crippen molar-refractivity contribution in [3.63, 3.8) is 0 Å². The van der Waals surface area contributed by atoms with Gasteiger partial charge in [-0.1, -0.05) is 36.4 Å². The van der Waals surface area contributed by atoms with E-state index in [0.29, 0.717) is 5.92 Å². The molecule has 4 heterocycles. The minimum Gasteiger partial charge on any atom is -0.370 e. The van der Waals surface area contributed by atoms with E-state index in [1.807, 2.05) is 12.3 Å². The van der Waals surface area contributed by atoms with Gasteiger partial charge in [-0.15, -0.1) is 10.2 Å². The summed E-state index contributed by atoms with van der Waals surface area (Å²) < 4.78 is 8.28. The second-order valence-corrected chi connectivity index (χ2v) is 7.94. The van der Waals surface area contributed by atoms with Gasteiger partial charge in [-0.25, -0.2) is 4.98 Å². The highest BCUT2D eigenvalue weighted by Gasteiger charge is 2.30. The standard InChI is InChI=1S/C23H27N5O/c1-2-7-18(8-3-1)17-28-22(25-26-23(28)20-9-6-16-29-20)19-11-14-27(15-12-19)21-10-4-5-13-24-21/h1-5,7-8,10,13,19-20H,6,9,11-12,14-17H2. The van der Waals surface area contributed by atoms with Crippen molar-refractivity contribution in [1.29, 1.82) is 0 Å². The van der Waals surface area contributed by atoms with Crippen LogP contribution in [-0.4, -0.2) is 39.4 Å². The highest BCUT2D eigenvalue weighted by molar-refractivity contribution is 5.38. The average Bonchev–Trinajstić information content (AvgIpc) is 3.45. The zero-order valence-electron chi connectivity index (χ0n) is 16.7. The van der Waals surface area contributed by atoms with Gasteiger partial charge >= 0.3 is 0 Å². The third kappa shape index (κ3) is 3.90. The number of hydrogen-bond donors (Lipinski definition) is 0. The Hall–Kier alpha value is -2.73. The van der Waals surface area contributed by atoms with E-state index in [4.69, 9.17) is 4.74 Å². The van der Waals surface area contributed by atoms with Crippen molar-refractivity contribution in [3.8, 4) is 0 Å². The number of pyridine rings is 1. The first-order chi connectivity index (χ1) is 14.4. The summed E-state index contributed by atoms with van der Waals surface area (Å²) >= 11 is 0. The first-order valence-corrected chi connectivity index (χ1v) is 10.6. The smallest absolute Gasteiger partial charge is 0.162 e. The Labute approximate surface area is 171 Å². The van der Waals surface area contributed by atoms with Crippen LogP contribution < -0.4 is 4.90 Å². The molecular formula is C23H27N5O. The van der Waals surface area contributed by atoms with Crippen molar-refractivity contribution in [1.82, 2.24) is 19.7 Å². The van der Waals surface area contributed by atoms with Gasteiger partial charge in [0.15, 0.2) is 5.82 Å². The van der Waals surface area contributed by atoms with E-state index in [9.17, 15) is 0 Å². The molecule has 2 fully saturated rings. The maximum atomic E-state index is 5.95. The molecule has 0 saturated carbocycles. The fourth-order valence-electron chi connectivity index (χ4n) is 4.48. The van der Waals surface area contributed by atoms with Crippen molar-refractivity contribution >= 4 is 5.82 Å². The largest absolute Gasteiger partial charge is 0.370 e. The Balaban J connectivity index is 1.38. The molecule has 2 saturated heterocycles. The fraction of sp³-hybridized carbons (Fsp3) is 0.435. The van der Waals surface area contributed by atoms with Crippen molar-refractivity contribution in [3.05, 3.63) is 71.9 Å². The van der Waals surface area contributed by atoms with Gasteiger partial charge in [0.2, 0.25) is 0 Å². The van der Waals surface area contributed by atoms with Crippen LogP contribution in [0.3, 0.4) is 0 Å². The molecule has 2 aliphatic rings. The van der Waals surface area contributed by atoms with Crippen molar-refractivity contribution in [2.24, 2.45) is 0 Å². The van der Waals surface area contributed by atoms with E-state index in [-0.39, 0.29) is 6.10 Å². The van der Waals surface area contributed by atoms with Gasteiger partial charge in [0.1, 0.15) is 17.7 Å². The molecule has 0 spiro atoms. The van der Waals surface area contributed by atoms with E-state index in [1.165, 1.54) is 5.56 Å². The summed E-state index contributed by atoms with van der Waals surface area (Å²) in [7, 11) is 0. The zero-order chi connectivity index (χ0) is 19.5. The predicted octanol–water partition coefficient (Wildman–Crippen LogP) is 3.96. The highest BCUT2D eigenvalue weighted by Crippen LogP contribution is 2.33. The number of aromatic nitrogens is 4. The normalized spacial score (nSPS) is 20.3. The summed E-state index contributed by atoms with van der Waals surface area (Å²) in [5.41, 5.74) is 1.28. The summed E-state index contributed by atoms with van der Waals surface area (Å²) in [5.74, 6) is 3.59.